The molecule has 1 aliphatic rings. The van der Waals surface area contributed by atoms with Gasteiger partial charge in [-0.15, -0.1) is 0 Å². The molecule has 3 nitrogen and oxygen atoms in total. The van der Waals surface area contributed by atoms with Gasteiger partial charge in [-0.25, -0.2) is 9.97 Å². The van der Waals surface area contributed by atoms with Crippen molar-refractivity contribution in [2.75, 3.05) is 0 Å². The highest BCUT2D eigenvalue weighted by atomic mass is 14.9. The van der Waals surface area contributed by atoms with Gasteiger partial charge >= 0.3 is 0 Å². The highest BCUT2D eigenvalue weighted by Gasteiger charge is 2.23. The molecule has 27 heavy (non-hydrogen) atoms. The molecular formula is C24H31N3. The molecule has 2 aromatic rings. The maximum Gasteiger partial charge on any atom is 0.131 e. The average Bonchev–Trinajstić information content (AvgIpc) is 2.74. The molecule has 1 aromatic heterocycles. The van der Waals surface area contributed by atoms with E-state index in [-0.39, 0.29) is 5.92 Å². The predicted octanol–water partition coefficient (Wildman–Crippen LogP) is 6.45. The number of benzene rings is 1. The third-order valence-corrected chi connectivity index (χ3v) is 5.80. The lowest BCUT2D eigenvalue weighted by atomic mass is 9.82. The van der Waals surface area contributed by atoms with E-state index in [2.05, 4.69) is 47.2 Å². The van der Waals surface area contributed by atoms with Crippen molar-refractivity contribution >= 4 is 0 Å². The number of aryl methyl sites for hydroxylation is 1. The minimum atomic E-state index is 0.227. The predicted molar refractivity (Wildman–Crippen MR) is 110 cm³/mol. The van der Waals surface area contributed by atoms with Crippen LogP contribution in [0.25, 0.3) is 11.1 Å². The topological polar surface area (TPSA) is 49.6 Å². The molecule has 1 aliphatic carbocycles. The molecule has 0 amide bonds. The van der Waals surface area contributed by atoms with Gasteiger partial charge in [0.1, 0.15) is 5.82 Å². The molecule has 0 saturated heterocycles. The van der Waals surface area contributed by atoms with Crippen molar-refractivity contribution in [2.24, 2.45) is 5.92 Å². The molecule has 0 spiro atoms. The molecule has 1 saturated carbocycles. The minimum absolute atomic E-state index is 0.227. The Balaban J connectivity index is 1.53. The second-order valence-electron chi connectivity index (χ2n) is 7.87. The van der Waals surface area contributed by atoms with Gasteiger partial charge in [0.25, 0.3) is 0 Å². The second kappa shape index (κ2) is 10.2. The van der Waals surface area contributed by atoms with Gasteiger partial charge in [-0.2, -0.15) is 5.26 Å². The van der Waals surface area contributed by atoms with E-state index >= 15 is 0 Å². The summed E-state index contributed by atoms with van der Waals surface area (Å²) in [5.41, 5.74) is 3.69. The first-order valence-corrected chi connectivity index (χ1v) is 10.6. The fourth-order valence-electron chi connectivity index (χ4n) is 3.98. The number of aromatic nitrogens is 2. The standard InChI is InChI=1S/C24H31N3/c1-2-3-4-5-6-7-19-8-12-21(13-9-19)23-17-26-24(27-18-23)22-14-10-20(16-25)11-15-22/h8-9,12-13,17-18,20,22H,2-7,10-11,14-15H2,1H3. The Kier molecular flexibility index (Phi) is 7.39. The van der Waals surface area contributed by atoms with E-state index in [1.807, 2.05) is 12.4 Å². The summed E-state index contributed by atoms with van der Waals surface area (Å²) in [5.74, 6) is 1.59. The molecule has 0 bridgehead atoms. The summed E-state index contributed by atoms with van der Waals surface area (Å²) in [4.78, 5) is 9.27. The molecule has 1 heterocycles. The van der Waals surface area contributed by atoms with Crippen LogP contribution in [0.15, 0.2) is 36.7 Å². The highest BCUT2D eigenvalue weighted by Crippen LogP contribution is 2.34. The van der Waals surface area contributed by atoms with Crippen LogP contribution in [0.5, 0.6) is 0 Å². The van der Waals surface area contributed by atoms with Crippen LogP contribution in [0.1, 0.15) is 82.0 Å². The normalized spacial score (nSPS) is 19.6. The van der Waals surface area contributed by atoms with Crippen LogP contribution in [-0.4, -0.2) is 9.97 Å². The van der Waals surface area contributed by atoms with Crippen molar-refractivity contribution in [3.63, 3.8) is 0 Å². The molecule has 0 radical (unpaired) electrons. The number of hydrogen-bond donors (Lipinski definition) is 0. The summed E-state index contributed by atoms with van der Waals surface area (Å²) < 4.78 is 0. The van der Waals surface area contributed by atoms with Crippen LogP contribution in [0.4, 0.5) is 0 Å². The van der Waals surface area contributed by atoms with Crippen LogP contribution in [0.2, 0.25) is 0 Å². The Hall–Kier alpha value is -2.21. The first-order chi connectivity index (χ1) is 13.3. The molecular weight excluding hydrogens is 330 g/mol. The zero-order chi connectivity index (χ0) is 18.9. The van der Waals surface area contributed by atoms with Crippen molar-refractivity contribution in [1.29, 1.82) is 5.26 Å². The van der Waals surface area contributed by atoms with Gasteiger partial charge in [-0.05, 0) is 49.7 Å². The van der Waals surface area contributed by atoms with E-state index in [0.29, 0.717) is 5.92 Å². The molecule has 3 rings (SSSR count). The van der Waals surface area contributed by atoms with Gasteiger partial charge in [0.2, 0.25) is 0 Å². The molecule has 1 aromatic carbocycles. The molecule has 0 aliphatic heterocycles. The Morgan fingerprint density at radius 1 is 0.889 bits per heavy atom. The number of hydrogen-bond acceptors (Lipinski definition) is 3. The Labute approximate surface area is 163 Å². The average molecular weight is 362 g/mol. The molecule has 3 heteroatoms. The fraction of sp³-hybridized carbons (Fsp3) is 0.542. The van der Waals surface area contributed by atoms with E-state index in [1.165, 1.54) is 49.7 Å². The SMILES string of the molecule is CCCCCCCc1ccc(-c2cnc(C3CCC(C#N)CC3)nc2)cc1. The monoisotopic (exact) mass is 361 g/mol. The summed E-state index contributed by atoms with van der Waals surface area (Å²) in [6.07, 6.45) is 15.7. The van der Waals surface area contributed by atoms with Crippen LogP contribution < -0.4 is 0 Å². The van der Waals surface area contributed by atoms with Crippen molar-refractivity contribution < 1.29 is 0 Å². The van der Waals surface area contributed by atoms with Gasteiger partial charge < -0.3 is 0 Å². The summed E-state index contributed by atoms with van der Waals surface area (Å²) in [6.45, 7) is 2.26. The van der Waals surface area contributed by atoms with Crippen LogP contribution in [-0.2, 0) is 6.42 Å². The Bertz CT molecular complexity index is 720. The highest BCUT2D eigenvalue weighted by molar-refractivity contribution is 5.61. The van der Waals surface area contributed by atoms with Gasteiger partial charge in [0.15, 0.2) is 0 Å². The summed E-state index contributed by atoms with van der Waals surface area (Å²) in [7, 11) is 0. The lowest BCUT2D eigenvalue weighted by molar-refractivity contribution is 0.372. The third-order valence-electron chi connectivity index (χ3n) is 5.80. The van der Waals surface area contributed by atoms with Gasteiger partial charge in [0, 0.05) is 29.8 Å². The summed E-state index contributed by atoms with van der Waals surface area (Å²) >= 11 is 0. The summed E-state index contributed by atoms with van der Waals surface area (Å²) in [5, 5.41) is 9.03. The first-order valence-electron chi connectivity index (χ1n) is 10.6. The third kappa shape index (κ3) is 5.63. The van der Waals surface area contributed by atoms with E-state index in [9.17, 15) is 0 Å². The largest absolute Gasteiger partial charge is 0.240 e. The van der Waals surface area contributed by atoms with Crippen molar-refractivity contribution in [2.45, 2.75) is 77.0 Å². The van der Waals surface area contributed by atoms with E-state index in [1.54, 1.807) is 0 Å². The van der Waals surface area contributed by atoms with E-state index < -0.39 is 0 Å². The van der Waals surface area contributed by atoms with Crippen LogP contribution >= 0.6 is 0 Å². The lowest BCUT2D eigenvalue weighted by Gasteiger charge is -2.23. The maximum atomic E-state index is 9.03. The van der Waals surface area contributed by atoms with Gasteiger partial charge in [-0.1, -0.05) is 56.9 Å². The van der Waals surface area contributed by atoms with Gasteiger partial charge in [0.05, 0.1) is 6.07 Å². The Morgan fingerprint density at radius 3 is 2.19 bits per heavy atom. The van der Waals surface area contributed by atoms with E-state index in [4.69, 9.17) is 5.26 Å². The zero-order valence-electron chi connectivity index (χ0n) is 16.5. The molecule has 0 N–H and O–H groups in total. The fourth-order valence-corrected chi connectivity index (χ4v) is 3.98. The quantitative estimate of drug-likeness (QED) is 0.507. The van der Waals surface area contributed by atoms with Crippen LogP contribution in [0.3, 0.4) is 0 Å². The lowest BCUT2D eigenvalue weighted by Crippen LogP contribution is -2.14. The zero-order valence-corrected chi connectivity index (χ0v) is 16.5. The van der Waals surface area contributed by atoms with Crippen molar-refractivity contribution in [3.8, 4) is 17.2 Å². The molecule has 0 atom stereocenters. The van der Waals surface area contributed by atoms with Crippen LogP contribution in [0, 0.1) is 17.2 Å². The minimum Gasteiger partial charge on any atom is -0.240 e. The molecule has 1 fully saturated rings. The first kappa shape index (κ1) is 19.5. The van der Waals surface area contributed by atoms with Gasteiger partial charge in [-0.3, -0.25) is 0 Å². The molecule has 142 valence electrons. The van der Waals surface area contributed by atoms with E-state index in [0.717, 1.165) is 37.1 Å². The van der Waals surface area contributed by atoms with Crippen molar-refractivity contribution in [3.05, 3.63) is 48.0 Å². The summed E-state index contributed by atoms with van der Waals surface area (Å²) in [6, 6.07) is 11.3. The van der Waals surface area contributed by atoms with Crippen molar-refractivity contribution in [1.82, 2.24) is 9.97 Å². The molecule has 0 unspecified atom stereocenters. The number of rotatable bonds is 8. The number of nitrogens with zero attached hydrogens (tertiary/aromatic N) is 3. The second-order valence-corrected chi connectivity index (χ2v) is 7.87. The number of nitriles is 1. The maximum absolute atomic E-state index is 9.03. The smallest absolute Gasteiger partial charge is 0.131 e. The number of unbranched alkanes of at least 4 members (excludes halogenated alkanes) is 4. The Morgan fingerprint density at radius 2 is 1.56 bits per heavy atom.